The molecule has 1 fully saturated rings. The highest BCUT2D eigenvalue weighted by Gasteiger charge is 2.28. The molecule has 1 saturated carbocycles. The van der Waals surface area contributed by atoms with Crippen LogP contribution in [-0.2, 0) is 0 Å². The first kappa shape index (κ1) is 15.1. The zero-order valence-electron chi connectivity index (χ0n) is 13.7. The predicted octanol–water partition coefficient (Wildman–Crippen LogP) is 5.11. The van der Waals surface area contributed by atoms with Crippen LogP contribution in [0, 0.1) is 6.92 Å². The van der Waals surface area contributed by atoms with Gasteiger partial charge < -0.3 is 13.9 Å². The Hall–Kier alpha value is -2.49. The third-order valence-corrected chi connectivity index (χ3v) is 5.02. The minimum absolute atomic E-state index is 0.0635. The highest BCUT2D eigenvalue weighted by atomic mass is 16.4. The number of aromatic hydroxyl groups is 1. The summed E-state index contributed by atoms with van der Waals surface area (Å²) >= 11 is 0. The van der Waals surface area contributed by atoms with E-state index in [4.69, 9.17) is 8.83 Å². The summed E-state index contributed by atoms with van der Waals surface area (Å²) in [6.45, 7) is 1.61. The highest BCUT2D eigenvalue weighted by Crippen LogP contribution is 2.43. The van der Waals surface area contributed by atoms with Crippen molar-refractivity contribution in [3.05, 3.63) is 51.9 Å². The van der Waals surface area contributed by atoms with Gasteiger partial charge in [0, 0.05) is 10.9 Å². The zero-order chi connectivity index (χ0) is 16.7. The Morgan fingerprint density at radius 1 is 1.08 bits per heavy atom. The number of hydrogen-bond acceptors (Lipinski definition) is 4. The molecule has 0 amide bonds. The van der Waals surface area contributed by atoms with E-state index in [0.717, 1.165) is 42.2 Å². The van der Waals surface area contributed by atoms with Crippen molar-refractivity contribution in [3.63, 3.8) is 0 Å². The van der Waals surface area contributed by atoms with Crippen molar-refractivity contribution < 1.29 is 13.9 Å². The van der Waals surface area contributed by atoms with E-state index in [1.54, 1.807) is 6.92 Å². The summed E-state index contributed by atoms with van der Waals surface area (Å²) in [5, 5.41) is 11.6. The first-order chi connectivity index (χ1) is 11.6. The van der Waals surface area contributed by atoms with Crippen molar-refractivity contribution >= 4 is 11.0 Å². The molecule has 0 spiro atoms. The molecular formula is C20H20O4. The van der Waals surface area contributed by atoms with Gasteiger partial charge in [0.1, 0.15) is 11.3 Å². The van der Waals surface area contributed by atoms with Crippen molar-refractivity contribution in [1.29, 1.82) is 0 Å². The lowest BCUT2D eigenvalue weighted by molar-refractivity contribution is 0.388. The molecule has 0 saturated heterocycles. The molecule has 2 heterocycles. The Bertz CT molecular complexity index is 909. The fraction of sp³-hybridized carbons (Fsp3) is 0.350. The van der Waals surface area contributed by atoms with Gasteiger partial charge >= 0.3 is 5.63 Å². The van der Waals surface area contributed by atoms with E-state index in [0.29, 0.717) is 11.5 Å². The van der Waals surface area contributed by atoms with Crippen LogP contribution in [0.2, 0.25) is 0 Å². The first-order valence-electron chi connectivity index (χ1n) is 8.50. The quantitative estimate of drug-likeness (QED) is 0.711. The minimum Gasteiger partial charge on any atom is -0.507 e. The minimum atomic E-state index is -0.512. The lowest BCUT2D eigenvalue weighted by Crippen LogP contribution is -2.12. The lowest BCUT2D eigenvalue weighted by atomic mass is 9.82. The SMILES string of the molecule is Cc1c(O)c(C2CCCCC2)c(-c2cc3ccccc3o2)oc1=O. The van der Waals surface area contributed by atoms with Gasteiger partial charge in [0.2, 0.25) is 0 Å². The molecule has 3 aromatic rings. The smallest absolute Gasteiger partial charge is 0.343 e. The molecule has 4 rings (SSSR count). The summed E-state index contributed by atoms with van der Waals surface area (Å²) in [6.07, 6.45) is 5.46. The predicted molar refractivity (Wildman–Crippen MR) is 92.4 cm³/mol. The molecule has 0 aliphatic heterocycles. The van der Waals surface area contributed by atoms with Crippen LogP contribution in [0.25, 0.3) is 22.5 Å². The van der Waals surface area contributed by atoms with Gasteiger partial charge in [-0.3, -0.25) is 0 Å². The van der Waals surface area contributed by atoms with E-state index in [-0.39, 0.29) is 17.2 Å². The van der Waals surface area contributed by atoms with Crippen molar-refractivity contribution in [3.8, 4) is 17.3 Å². The number of rotatable bonds is 2. The molecule has 4 nitrogen and oxygen atoms in total. The molecule has 4 heteroatoms. The molecular weight excluding hydrogens is 304 g/mol. The highest BCUT2D eigenvalue weighted by molar-refractivity contribution is 5.82. The second kappa shape index (κ2) is 5.86. The summed E-state index contributed by atoms with van der Waals surface area (Å²) in [7, 11) is 0. The average Bonchev–Trinajstić information content (AvgIpc) is 3.04. The van der Waals surface area contributed by atoms with E-state index in [1.165, 1.54) is 6.42 Å². The van der Waals surface area contributed by atoms with Crippen LogP contribution in [-0.4, -0.2) is 5.11 Å². The van der Waals surface area contributed by atoms with Crippen molar-refractivity contribution in [2.24, 2.45) is 0 Å². The molecule has 0 radical (unpaired) electrons. The number of para-hydroxylation sites is 1. The Morgan fingerprint density at radius 2 is 1.83 bits per heavy atom. The van der Waals surface area contributed by atoms with Gasteiger partial charge in [0.15, 0.2) is 11.5 Å². The number of furan rings is 1. The van der Waals surface area contributed by atoms with Gasteiger partial charge in [-0.2, -0.15) is 0 Å². The number of fused-ring (bicyclic) bond motifs is 1. The van der Waals surface area contributed by atoms with Gasteiger partial charge in [-0.1, -0.05) is 37.5 Å². The van der Waals surface area contributed by atoms with Crippen LogP contribution in [0.15, 0.2) is 44.0 Å². The fourth-order valence-electron chi connectivity index (χ4n) is 3.68. The second-order valence-corrected chi connectivity index (χ2v) is 6.59. The third kappa shape index (κ3) is 2.42. The Kier molecular flexibility index (Phi) is 3.68. The van der Waals surface area contributed by atoms with Crippen molar-refractivity contribution in [2.45, 2.75) is 44.9 Å². The van der Waals surface area contributed by atoms with E-state index in [2.05, 4.69) is 0 Å². The lowest BCUT2D eigenvalue weighted by Gasteiger charge is -2.24. The first-order valence-corrected chi connectivity index (χ1v) is 8.50. The average molecular weight is 324 g/mol. The van der Waals surface area contributed by atoms with Gasteiger partial charge in [0.25, 0.3) is 0 Å². The molecule has 0 unspecified atom stereocenters. The van der Waals surface area contributed by atoms with Gasteiger partial charge in [-0.15, -0.1) is 0 Å². The van der Waals surface area contributed by atoms with Crippen molar-refractivity contribution in [2.75, 3.05) is 0 Å². The van der Waals surface area contributed by atoms with Crippen LogP contribution in [0.5, 0.6) is 5.75 Å². The second-order valence-electron chi connectivity index (χ2n) is 6.59. The molecule has 0 bridgehead atoms. The largest absolute Gasteiger partial charge is 0.507 e. The van der Waals surface area contributed by atoms with Crippen LogP contribution in [0.3, 0.4) is 0 Å². The Morgan fingerprint density at radius 3 is 2.58 bits per heavy atom. The van der Waals surface area contributed by atoms with Crippen LogP contribution in [0.4, 0.5) is 0 Å². The number of hydrogen-bond donors (Lipinski definition) is 1. The monoisotopic (exact) mass is 324 g/mol. The van der Waals surface area contributed by atoms with E-state index < -0.39 is 5.63 Å². The molecule has 1 aromatic carbocycles. The van der Waals surface area contributed by atoms with E-state index in [1.807, 2.05) is 30.3 Å². The van der Waals surface area contributed by atoms with Gasteiger partial charge in [0.05, 0.1) is 5.56 Å². The van der Waals surface area contributed by atoms with Crippen LogP contribution < -0.4 is 5.63 Å². The molecule has 124 valence electrons. The van der Waals surface area contributed by atoms with Crippen molar-refractivity contribution in [1.82, 2.24) is 0 Å². The Labute approximate surface area is 139 Å². The molecule has 24 heavy (non-hydrogen) atoms. The van der Waals surface area contributed by atoms with E-state index >= 15 is 0 Å². The zero-order valence-corrected chi connectivity index (χ0v) is 13.7. The van der Waals surface area contributed by atoms with Crippen LogP contribution >= 0.6 is 0 Å². The molecule has 1 N–H and O–H groups in total. The molecule has 1 aliphatic carbocycles. The molecule has 0 atom stereocenters. The summed E-state index contributed by atoms with van der Waals surface area (Å²) in [5.74, 6) is 1.15. The van der Waals surface area contributed by atoms with Gasteiger partial charge in [-0.05, 0) is 37.8 Å². The maximum absolute atomic E-state index is 12.1. The van der Waals surface area contributed by atoms with Gasteiger partial charge in [-0.25, -0.2) is 4.79 Å². The van der Waals surface area contributed by atoms with Crippen LogP contribution in [0.1, 0.15) is 49.1 Å². The standard InChI is InChI=1S/C20H20O4/c1-12-18(21)17(13-7-3-2-4-8-13)19(24-20(12)22)16-11-14-9-5-6-10-15(14)23-16/h5-6,9-11,13,21H,2-4,7-8H2,1H3. The maximum Gasteiger partial charge on any atom is 0.343 e. The third-order valence-electron chi connectivity index (χ3n) is 5.02. The maximum atomic E-state index is 12.1. The molecule has 2 aromatic heterocycles. The summed E-state index contributed by atoms with van der Waals surface area (Å²) < 4.78 is 11.5. The normalized spacial score (nSPS) is 15.9. The Balaban J connectivity index is 1.94. The summed E-state index contributed by atoms with van der Waals surface area (Å²) in [5.41, 5.74) is 1.23. The number of benzene rings is 1. The van der Waals surface area contributed by atoms with E-state index in [9.17, 15) is 9.90 Å². The topological polar surface area (TPSA) is 63.6 Å². The summed E-state index contributed by atoms with van der Waals surface area (Å²) in [4.78, 5) is 12.1. The molecule has 1 aliphatic rings. The fourth-order valence-corrected chi connectivity index (χ4v) is 3.68. The summed E-state index contributed by atoms with van der Waals surface area (Å²) in [6, 6.07) is 9.54.